The molecule has 0 saturated carbocycles. The number of aromatic hydroxyl groups is 1. The lowest BCUT2D eigenvalue weighted by Gasteiger charge is -2.10. The Bertz CT molecular complexity index is 3710. The maximum absolute atomic E-state index is 12.2. The van der Waals surface area contributed by atoms with E-state index in [4.69, 9.17) is 10.6 Å². The van der Waals surface area contributed by atoms with Gasteiger partial charge in [-0.1, -0.05) is 18.2 Å². The standard InChI is InChI=1S/C49H42N10O8S2/c1-27-19-35(13-18-40(27)52-58-46-26-39-32(25-48(46)69(64,65)66)7-6-8-47(39)68(61,62)63)51-54-42-20-29(3)44(21-28(42)2)56-57-45-23-30(4)43(22-31(45)5)55-53-41-17-9-33-24-36(12-16-38(33)49(41)60)59-67-37-14-10-34(50)11-15-37/h6-26,59-60H,50H2,1-5H3,(H,61,62,63)(H,64,65,66). The number of rotatable bonds is 13. The van der Waals surface area contributed by atoms with Crippen molar-refractivity contribution < 1.29 is 35.9 Å². The number of phenolic OH excluding ortho intramolecular Hbond substituents is 1. The van der Waals surface area contributed by atoms with Gasteiger partial charge in [0.15, 0.2) is 11.5 Å². The highest BCUT2D eigenvalue weighted by atomic mass is 32.2. The summed E-state index contributed by atoms with van der Waals surface area (Å²) in [7, 11) is -9.47. The second-order valence-corrected chi connectivity index (χ2v) is 18.8. The molecule has 8 aromatic carbocycles. The molecule has 0 unspecified atom stereocenters. The average Bonchev–Trinajstić information content (AvgIpc) is 3.30. The van der Waals surface area contributed by atoms with Gasteiger partial charge >= 0.3 is 0 Å². The molecular formula is C49H42N10O8S2. The van der Waals surface area contributed by atoms with E-state index in [9.17, 15) is 31.0 Å². The third kappa shape index (κ3) is 10.8. The molecule has 6 N–H and O–H groups in total. The molecule has 0 radical (unpaired) electrons. The van der Waals surface area contributed by atoms with Crippen molar-refractivity contribution in [3.63, 3.8) is 0 Å². The Labute approximate surface area is 396 Å². The number of aryl methyl sites for hydroxylation is 5. The second kappa shape index (κ2) is 19.1. The van der Waals surface area contributed by atoms with Crippen molar-refractivity contribution >= 4 is 98.7 Å². The van der Waals surface area contributed by atoms with E-state index in [1.807, 2.05) is 64.1 Å². The zero-order valence-corrected chi connectivity index (χ0v) is 39.1. The molecule has 0 aromatic heterocycles. The lowest BCUT2D eigenvalue weighted by Crippen LogP contribution is -2.04. The summed E-state index contributed by atoms with van der Waals surface area (Å²) in [6.45, 7) is 9.29. The highest BCUT2D eigenvalue weighted by Crippen LogP contribution is 2.40. The molecule has 18 nitrogen and oxygen atoms in total. The van der Waals surface area contributed by atoms with Gasteiger partial charge in [0.05, 0.1) is 39.8 Å². The first-order valence-corrected chi connectivity index (χ1v) is 23.7. The maximum Gasteiger partial charge on any atom is 0.296 e. The number of phenols is 1. The van der Waals surface area contributed by atoms with E-state index in [0.717, 1.165) is 45.8 Å². The van der Waals surface area contributed by atoms with Gasteiger partial charge in [0.2, 0.25) is 0 Å². The first kappa shape index (κ1) is 47.2. The Morgan fingerprint density at radius 3 is 1.55 bits per heavy atom. The summed E-state index contributed by atoms with van der Waals surface area (Å²) < 4.78 is 68.1. The Balaban J connectivity index is 0.936. The number of hydrogen-bond donors (Lipinski definition) is 5. The predicted molar refractivity (Wildman–Crippen MR) is 264 cm³/mol. The molecule has 0 amide bonds. The van der Waals surface area contributed by atoms with Gasteiger partial charge in [-0.25, -0.2) is 5.48 Å². The van der Waals surface area contributed by atoms with Crippen LogP contribution in [0.3, 0.4) is 0 Å². The van der Waals surface area contributed by atoms with Gasteiger partial charge in [0.1, 0.15) is 21.2 Å². The molecule has 20 heteroatoms. The van der Waals surface area contributed by atoms with E-state index in [1.54, 1.807) is 67.6 Å². The summed E-state index contributed by atoms with van der Waals surface area (Å²) in [5.74, 6) is 0.595. The van der Waals surface area contributed by atoms with Crippen molar-refractivity contribution in [1.29, 1.82) is 0 Å². The minimum absolute atomic E-state index is 0.00449. The van der Waals surface area contributed by atoms with Gasteiger partial charge in [-0.2, -0.15) is 47.5 Å². The number of nitrogens with one attached hydrogen (secondary N) is 1. The average molecular weight is 963 g/mol. The van der Waals surface area contributed by atoms with Crippen LogP contribution in [-0.2, 0) is 20.2 Å². The summed E-state index contributed by atoms with van der Waals surface area (Å²) in [4.78, 5) is 4.57. The Kier molecular flexibility index (Phi) is 13.1. The summed E-state index contributed by atoms with van der Waals surface area (Å²) in [5.41, 5.74) is 17.1. The first-order chi connectivity index (χ1) is 32.8. The summed E-state index contributed by atoms with van der Waals surface area (Å²) >= 11 is 0. The predicted octanol–water partition coefficient (Wildman–Crippen LogP) is 14.4. The second-order valence-electron chi connectivity index (χ2n) is 16.0. The van der Waals surface area contributed by atoms with Gasteiger partial charge in [-0.3, -0.25) is 9.11 Å². The number of anilines is 2. The van der Waals surface area contributed by atoms with E-state index < -0.39 is 30.0 Å². The minimum Gasteiger partial charge on any atom is -0.505 e. The quantitative estimate of drug-likeness (QED) is 0.0315. The fourth-order valence-corrected chi connectivity index (χ4v) is 8.47. The van der Waals surface area contributed by atoms with Crippen LogP contribution in [0.5, 0.6) is 11.5 Å². The van der Waals surface area contributed by atoms with E-state index >= 15 is 0 Å². The summed E-state index contributed by atoms with van der Waals surface area (Å²) in [6.07, 6.45) is 0. The lowest BCUT2D eigenvalue weighted by atomic mass is 10.1. The lowest BCUT2D eigenvalue weighted by molar-refractivity contribution is 0.405. The highest BCUT2D eigenvalue weighted by Gasteiger charge is 2.21. The van der Waals surface area contributed by atoms with Crippen molar-refractivity contribution in [2.75, 3.05) is 11.2 Å². The molecule has 8 rings (SSSR count). The van der Waals surface area contributed by atoms with Crippen LogP contribution in [0.2, 0.25) is 0 Å². The van der Waals surface area contributed by atoms with E-state index in [2.05, 4.69) is 46.4 Å². The molecular weight excluding hydrogens is 921 g/mol. The number of benzene rings is 8. The van der Waals surface area contributed by atoms with Crippen LogP contribution in [0.4, 0.5) is 56.9 Å². The van der Waals surface area contributed by atoms with Gasteiger partial charge in [0.25, 0.3) is 20.2 Å². The molecule has 0 heterocycles. The van der Waals surface area contributed by atoms with Crippen LogP contribution in [0.25, 0.3) is 21.5 Å². The van der Waals surface area contributed by atoms with Crippen LogP contribution in [0, 0.1) is 34.6 Å². The van der Waals surface area contributed by atoms with Crippen LogP contribution in [-0.4, -0.2) is 31.0 Å². The molecule has 69 heavy (non-hydrogen) atoms. The molecule has 0 aliphatic rings. The maximum atomic E-state index is 12.2. The topological polar surface area (TPSA) is 275 Å². The van der Waals surface area contributed by atoms with Crippen molar-refractivity contribution in [1.82, 2.24) is 0 Å². The molecule has 0 atom stereocenters. The van der Waals surface area contributed by atoms with Gasteiger partial charge < -0.3 is 15.7 Å². The minimum atomic E-state index is -4.80. The summed E-state index contributed by atoms with van der Waals surface area (Å²) in [5, 5.41) is 47.6. The van der Waals surface area contributed by atoms with Crippen LogP contribution in [0.15, 0.2) is 178 Å². The number of hydrogen-bond acceptors (Lipinski definition) is 16. The Morgan fingerprint density at radius 2 is 0.971 bits per heavy atom. The first-order valence-electron chi connectivity index (χ1n) is 20.9. The fraction of sp³-hybridized carbons (Fsp3) is 0.102. The number of nitrogens with two attached hydrogens (primary N) is 1. The molecule has 0 saturated heterocycles. The van der Waals surface area contributed by atoms with Gasteiger partial charge in [-0.05, 0) is 182 Å². The number of azo groups is 4. The van der Waals surface area contributed by atoms with Crippen molar-refractivity contribution in [3.05, 3.63) is 155 Å². The SMILES string of the molecule is Cc1cc(N=Nc2cc(C)c(N=Nc3ccc4cc(NOc5ccc(N)cc5)ccc4c3O)cc2C)c(C)cc1N=Nc1ccc(N=Nc2cc3c(S(=O)(=O)O)cccc3cc2S(=O)(=O)O)c(C)c1. The smallest absolute Gasteiger partial charge is 0.296 e. The zero-order chi connectivity index (χ0) is 49.2. The molecule has 0 bridgehead atoms. The largest absolute Gasteiger partial charge is 0.505 e. The molecule has 0 fully saturated rings. The highest BCUT2D eigenvalue weighted by molar-refractivity contribution is 7.86. The monoisotopic (exact) mass is 962 g/mol. The number of nitrogen functional groups attached to an aromatic ring is 1. The fourth-order valence-electron chi connectivity index (χ4n) is 7.13. The van der Waals surface area contributed by atoms with Gasteiger partial charge in [-0.15, -0.1) is 10.2 Å². The number of nitrogens with zero attached hydrogens (tertiary/aromatic N) is 8. The molecule has 348 valence electrons. The normalized spacial score (nSPS) is 12.4. The van der Waals surface area contributed by atoms with Crippen molar-refractivity contribution in [2.24, 2.45) is 40.9 Å². The van der Waals surface area contributed by atoms with Crippen LogP contribution in [0.1, 0.15) is 27.8 Å². The molecule has 0 spiro atoms. The van der Waals surface area contributed by atoms with Crippen LogP contribution < -0.4 is 16.1 Å². The summed E-state index contributed by atoms with van der Waals surface area (Å²) in [6, 6.07) is 34.4. The third-order valence-electron chi connectivity index (χ3n) is 10.9. The Hall–Kier alpha value is -8.30. The van der Waals surface area contributed by atoms with E-state index in [-0.39, 0.29) is 22.2 Å². The van der Waals surface area contributed by atoms with Crippen molar-refractivity contribution in [2.45, 2.75) is 44.4 Å². The van der Waals surface area contributed by atoms with Gasteiger partial charge in [0, 0.05) is 16.5 Å². The number of fused-ring (bicyclic) bond motifs is 2. The molecule has 0 aliphatic heterocycles. The third-order valence-corrected chi connectivity index (χ3v) is 12.7. The van der Waals surface area contributed by atoms with Crippen LogP contribution >= 0.6 is 0 Å². The molecule has 8 aromatic rings. The molecule has 0 aliphatic carbocycles. The van der Waals surface area contributed by atoms with E-state index in [1.165, 1.54) is 12.1 Å². The Morgan fingerprint density at radius 1 is 0.464 bits per heavy atom. The van der Waals surface area contributed by atoms with Crippen molar-refractivity contribution in [3.8, 4) is 11.5 Å². The van der Waals surface area contributed by atoms with E-state index in [0.29, 0.717) is 67.9 Å². The zero-order valence-electron chi connectivity index (χ0n) is 37.5.